The molecule has 2 aliphatic heterocycles. The van der Waals surface area contributed by atoms with Crippen LogP contribution in [0.1, 0.15) is 31.8 Å². The molecule has 2 aromatic carbocycles. The van der Waals surface area contributed by atoms with Crippen molar-refractivity contribution >= 4 is 57.8 Å². The second kappa shape index (κ2) is 12.4. The summed E-state index contributed by atoms with van der Waals surface area (Å²) in [5.74, 6) is -2.34. The standard InChI is InChI=1S/C27H27Cl2N9O5/c1-31-36-27(38-11-18(30)21(39)12-38)32-9-20(26(42)43)34-24(40)22-17(28)6-15-10-37(5-4-16(15)23(22)29)25(41)13-2-3-14-8-33-35-19(14)7-13/h2-3,6-8,18,20-21,39H,4-5,9-12,30H2,(H,32,36)(H,33,35)(H,34,40)(H,42,43)/t18-,20+,21-/m1/s1. The summed E-state index contributed by atoms with van der Waals surface area (Å²) in [6.07, 6.45) is 1.19. The number of carboxylic acids is 1. The number of halogens is 2. The molecule has 2 aliphatic rings. The van der Waals surface area contributed by atoms with E-state index >= 15 is 0 Å². The summed E-state index contributed by atoms with van der Waals surface area (Å²) in [5.41, 5.74) is 10.6. The normalized spacial score (nSPS) is 19.1. The Hall–Kier alpha value is -4.42. The van der Waals surface area contributed by atoms with E-state index in [1.165, 1.54) is 4.90 Å². The van der Waals surface area contributed by atoms with E-state index in [0.29, 0.717) is 29.7 Å². The number of aliphatic carboxylic acids is 1. The minimum Gasteiger partial charge on any atom is -0.480 e. The van der Waals surface area contributed by atoms with Gasteiger partial charge in [0.05, 0.1) is 40.0 Å². The molecular weight excluding hydrogens is 601 g/mol. The molecule has 14 nitrogen and oxygen atoms in total. The topological polar surface area (TPSA) is 194 Å². The average Bonchev–Trinajstić information content (AvgIpc) is 3.58. The summed E-state index contributed by atoms with van der Waals surface area (Å²) in [6, 6.07) is 4.80. The number of carboxylic acid groups (broad SMARTS) is 1. The van der Waals surface area contributed by atoms with E-state index in [1.807, 2.05) is 6.07 Å². The van der Waals surface area contributed by atoms with Crippen LogP contribution in [-0.2, 0) is 17.8 Å². The molecule has 0 unspecified atom stereocenters. The predicted molar refractivity (Wildman–Crippen MR) is 157 cm³/mol. The number of rotatable bonds is 6. The number of aliphatic hydroxyl groups is 1. The Morgan fingerprint density at radius 2 is 2.05 bits per heavy atom. The number of hydrogen-bond donors (Lipinski definition) is 6. The summed E-state index contributed by atoms with van der Waals surface area (Å²) < 4.78 is 0. The first-order chi connectivity index (χ1) is 20.6. The maximum Gasteiger partial charge on any atom is 0.328 e. The molecular formula is C27H27Cl2N9O5. The molecule has 0 radical (unpaired) electrons. The van der Waals surface area contributed by atoms with E-state index in [9.17, 15) is 24.6 Å². The first-order valence-electron chi connectivity index (χ1n) is 13.2. The first kappa shape index (κ1) is 30.1. The monoisotopic (exact) mass is 627 g/mol. The summed E-state index contributed by atoms with van der Waals surface area (Å²) in [6.45, 7) is 7.53. The zero-order chi connectivity index (χ0) is 30.8. The first-order valence-corrected chi connectivity index (χ1v) is 13.9. The Morgan fingerprint density at radius 1 is 1.26 bits per heavy atom. The largest absolute Gasteiger partial charge is 0.480 e. The highest BCUT2D eigenvalue weighted by atomic mass is 35.5. The second-order valence-electron chi connectivity index (χ2n) is 10.2. The van der Waals surface area contributed by atoms with Gasteiger partial charge in [-0.1, -0.05) is 34.7 Å². The third kappa shape index (κ3) is 6.20. The Kier molecular flexibility index (Phi) is 8.69. The quantitative estimate of drug-likeness (QED) is 0.100. The molecule has 3 heterocycles. The highest BCUT2D eigenvalue weighted by Gasteiger charge is 2.33. The Bertz CT molecular complexity index is 1660. The number of fused-ring (bicyclic) bond motifs is 2. The number of β-amino-alcohol motifs (C(OH)–C–C–N with tert-alkyl or cyclic N) is 1. The molecule has 5 rings (SSSR count). The van der Waals surface area contributed by atoms with Gasteiger partial charge in [0.1, 0.15) is 6.04 Å². The third-order valence-electron chi connectivity index (χ3n) is 7.42. The molecule has 1 fully saturated rings. The van der Waals surface area contributed by atoms with Crippen molar-refractivity contribution < 1.29 is 24.6 Å². The van der Waals surface area contributed by atoms with Crippen LogP contribution >= 0.6 is 23.2 Å². The number of hydrogen-bond acceptors (Lipinski definition) is 7. The van der Waals surface area contributed by atoms with Crippen molar-refractivity contribution in [2.24, 2.45) is 10.7 Å². The van der Waals surface area contributed by atoms with Crippen LogP contribution in [0.3, 0.4) is 0 Å². The number of H-pyrrole nitrogens is 1. The minimum atomic E-state index is -1.49. The van der Waals surface area contributed by atoms with Gasteiger partial charge in [-0.2, -0.15) is 16.6 Å². The number of carbonyl (C=O) groups excluding carboxylic acids is 2. The molecule has 224 valence electrons. The van der Waals surface area contributed by atoms with Gasteiger partial charge in [-0.3, -0.25) is 14.7 Å². The van der Waals surface area contributed by atoms with Gasteiger partial charge in [-0.15, -0.1) is 0 Å². The fraction of sp³-hybridized carbons (Fsp3) is 0.333. The number of benzene rings is 2. The second-order valence-corrected chi connectivity index (χ2v) is 11.0. The summed E-state index contributed by atoms with van der Waals surface area (Å²) >= 11 is 13.1. The molecule has 0 bridgehead atoms. The number of aliphatic hydroxyl groups excluding tert-OH is 1. The number of nitrogens with zero attached hydrogens (tertiary/aromatic N) is 5. The van der Waals surface area contributed by atoms with Gasteiger partial charge in [-0.25, -0.2) is 9.79 Å². The molecule has 0 spiro atoms. The highest BCUT2D eigenvalue weighted by Crippen LogP contribution is 2.35. The smallest absolute Gasteiger partial charge is 0.328 e. The van der Waals surface area contributed by atoms with Crippen LogP contribution in [0, 0.1) is 6.57 Å². The van der Waals surface area contributed by atoms with Gasteiger partial charge in [0.25, 0.3) is 17.8 Å². The number of aliphatic imine (C=N–C) groups is 1. The van der Waals surface area contributed by atoms with Crippen molar-refractivity contribution in [2.45, 2.75) is 31.2 Å². The van der Waals surface area contributed by atoms with Gasteiger partial charge in [0, 0.05) is 43.2 Å². The van der Waals surface area contributed by atoms with Crippen LogP contribution in [0.2, 0.25) is 10.0 Å². The van der Waals surface area contributed by atoms with E-state index in [4.69, 9.17) is 35.5 Å². The van der Waals surface area contributed by atoms with Crippen molar-refractivity contribution in [3.63, 3.8) is 0 Å². The lowest BCUT2D eigenvalue weighted by Crippen LogP contribution is -2.45. The van der Waals surface area contributed by atoms with Gasteiger partial charge in [0.15, 0.2) is 0 Å². The van der Waals surface area contributed by atoms with Gasteiger partial charge in [0.2, 0.25) is 0 Å². The zero-order valence-corrected chi connectivity index (χ0v) is 24.1. The fourth-order valence-corrected chi connectivity index (χ4v) is 5.88. The molecule has 3 aromatic rings. The summed E-state index contributed by atoms with van der Waals surface area (Å²) in [5, 5.41) is 29.9. The molecule has 16 heteroatoms. The van der Waals surface area contributed by atoms with Crippen molar-refractivity contribution in [3.8, 4) is 0 Å². The van der Waals surface area contributed by atoms with Crippen LogP contribution < -0.4 is 16.5 Å². The van der Waals surface area contributed by atoms with Crippen molar-refractivity contribution in [2.75, 3.05) is 26.2 Å². The van der Waals surface area contributed by atoms with Crippen molar-refractivity contribution in [1.29, 1.82) is 0 Å². The van der Waals surface area contributed by atoms with Gasteiger partial charge < -0.3 is 31.1 Å². The number of guanidine groups is 1. The van der Waals surface area contributed by atoms with E-state index in [1.54, 1.807) is 29.3 Å². The molecule has 2 amide bonds. The van der Waals surface area contributed by atoms with E-state index < -0.39 is 36.6 Å². The van der Waals surface area contributed by atoms with Crippen LogP contribution in [-0.4, -0.2) is 98.3 Å². The molecule has 0 saturated carbocycles. The maximum atomic E-state index is 13.3. The van der Waals surface area contributed by atoms with Crippen molar-refractivity contribution in [1.82, 2.24) is 30.7 Å². The number of nitrogens with two attached hydrogens (primary N) is 1. The Balaban J connectivity index is 1.31. The number of nitrogens with one attached hydrogen (secondary N) is 3. The number of carbonyl (C=O) groups is 3. The number of likely N-dealkylation sites (tertiary alicyclic amines) is 1. The predicted octanol–water partition coefficient (Wildman–Crippen LogP) is 1.03. The van der Waals surface area contributed by atoms with Gasteiger partial charge in [-0.05, 0) is 35.7 Å². The van der Waals surface area contributed by atoms with Crippen LogP contribution in [0.4, 0.5) is 0 Å². The van der Waals surface area contributed by atoms with E-state index in [-0.39, 0.29) is 47.1 Å². The van der Waals surface area contributed by atoms with Crippen LogP contribution in [0.15, 0.2) is 35.5 Å². The van der Waals surface area contributed by atoms with Crippen molar-refractivity contribution in [3.05, 3.63) is 74.3 Å². The fourth-order valence-electron chi connectivity index (χ4n) is 5.12. The summed E-state index contributed by atoms with van der Waals surface area (Å²) in [4.78, 5) is 48.9. The summed E-state index contributed by atoms with van der Waals surface area (Å²) in [7, 11) is 0. The lowest BCUT2D eigenvalue weighted by atomic mass is 9.96. The number of aromatic nitrogens is 2. The average molecular weight is 628 g/mol. The van der Waals surface area contributed by atoms with E-state index in [2.05, 4.69) is 30.9 Å². The molecule has 1 aromatic heterocycles. The van der Waals surface area contributed by atoms with E-state index in [0.717, 1.165) is 10.9 Å². The molecule has 1 saturated heterocycles. The molecule has 7 N–H and O–H groups in total. The molecule has 3 atom stereocenters. The maximum absolute atomic E-state index is 13.3. The zero-order valence-electron chi connectivity index (χ0n) is 22.5. The lowest BCUT2D eigenvalue weighted by molar-refractivity contribution is -0.138. The minimum absolute atomic E-state index is 0.00234. The SMILES string of the molecule is [C-]#[N+]NC(=NC[C@H](NC(=O)c1c(Cl)cc2c(c1Cl)CCN(C(=O)c1ccc3cn[nH]c3c1)C2)C(=O)O)N1C[C@@H](N)[C@H](O)C1. The number of aromatic amines is 1. The third-order valence-corrected chi connectivity index (χ3v) is 8.14. The van der Waals surface area contributed by atoms with Crippen LogP contribution in [0.25, 0.3) is 15.9 Å². The molecule has 43 heavy (non-hydrogen) atoms. The van der Waals surface area contributed by atoms with Crippen LogP contribution in [0.5, 0.6) is 0 Å². The van der Waals surface area contributed by atoms with Gasteiger partial charge >= 0.3 is 5.97 Å². The Labute approximate surface area is 255 Å². The number of amides is 2. The molecule has 0 aliphatic carbocycles. The lowest BCUT2D eigenvalue weighted by Gasteiger charge is -2.30. The highest BCUT2D eigenvalue weighted by molar-refractivity contribution is 6.40. The Morgan fingerprint density at radius 3 is 2.74 bits per heavy atom.